The summed E-state index contributed by atoms with van der Waals surface area (Å²) in [4.78, 5) is 13.0. The van der Waals surface area contributed by atoms with Crippen LogP contribution < -0.4 is 9.47 Å². The van der Waals surface area contributed by atoms with Crippen LogP contribution in [0.1, 0.15) is 18.9 Å². The van der Waals surface area contributed by atoms with Crippen LogP contribution >= 0.6 is 0 Å². The molecule has 1 unspecified atom stereocenters. The van der Waals surface area contributed by atoms with Crippen molar-refractivity contribution >= 4 is 5.97 Å². The Kier molecular flexibility index (Phi) is 4.78. The van der Waals surface area contributed by atoms with Crippen LogP contribution in [0.25, 0.3) is 0 Å². The highest BCUT2D eigenvalue weighted by atomic mass is 16.5. The Morgan fingerprint density at radius 3 is 2.26 bits per heavy atom. The number of aliphatic carboxylic acids is 1. The van der Waals surface area contributed by atoms with Gasteiger partial charge in [0.05, 0.1) is 26.2 Å². The Morgan fingerprint density at radius 2 is 1.84 bits per heavy atom. The van der Waals surface area contributed by atoms with Gasteiger partial charge in [0.2, 0.25) is 0 Å². The van der Waals surface area contributed by atoms with Crippen LogP contribution in [0, 0.1) is 0 Å². The minimum Gasteiger partial charge on any atom is -0.493 e. The molecule has 0 heterocycles. The summed E-state index contributed by atoms with van der Waals surface area (Å²) in [6.45, 7) is 1.89. The van der Waals surface area contributed by atoms with Crippen LogP contribution in [0.2, 0.25) is 0 Å². The molecule has 0 radical (unpaired) electrons. The molecule has 106 valence electrons. The van der Waals surface area contributed by atoms with E-state index in [1.165, 1.54) is 0 Å². The van der Waals surface area contributed by atoms with E-state index >= 15 is 0 Å². The minimum absolute atomic E-state index is 0.00941. The van der Waals surface area contributed by atoms with Gasteiger partial charge in [-0.25, -0.2) is 0 Å². The van der Waals surface area contributed by atoms with Crippen molar-refractivity contribution < 1.29 is 19.4 Å². The van der Waals surface area contributed by atoms with E-state index in [0.29, 0.717) is 11.5 Å². The molecule has 1 aromatic carbocycles. The predicted octanol–water partition coefficient (Wildman–Crippen LogP) is 1.96. The molecule has 0 aliphatic rings. The fourth-order valence-corrected chi connectivity index (χ4v) is 1.98. The first-order chi connectivity index (χ1) is 8.85. The lowest BCUT2D eigenvalue weighted by atomic mass is 9.87. The zero-order valence-corrected chi connectivity index (χ0v) is 12.1. The quantitative estimate of drug-likeness (QED) is 0.853. The maximum absolute atomic E-state index is 11.1. The Balaban J connectivity index is 3.27. The topological polar surface area (TPSA) is 59.0 Å². The summed E-state index contributed by atoms with van der Waals surface area (Å²) in [5.74, 6) is 0.382. The number of hydrogen-bond donors (Lipinski definition) is 1. The molecule has 0 fully saturated rings. The number of hydrogen-bond acceptors (Lipinski definition) is 4. The van der Waals surface area contributed by atoms with Crippen LogP contribution in [0.5, 0.6) is 11.5 Å². The summed E-state index contributed by atoms with van der Waals surface area (Å²) >= 11 is 0. The van der Waals surface area contributed by atoms with Crippen molar-refractivity contribution in [1.29, 1.82) is 0 Å². The molecule has 0 amide bonds. The van der Waals surface area contributed by atoms with E-state index in [2.05, 4.69) is 0 Å². The molecule has 1 atom stereocenters. The Hall–Kier alpha value is -1.75. The number of benzene rings is 1. The van der Waals surface area contributed by atoms with E-state index in [1.807, 2.05) is 38.1 Å². The highest BCUT2D eigenvalue weighted by Gasteiger charge is 2.32. The molecule has 5 nitrogen and oxygen atoms in total. The van der Waals surface area contributed by atoms with Crippen LogP contribution in [0.15, 0.2) is 18.2 Å². The van der Waals surface area contributed by atoms with Crippen LogP contribution in [-0.2, 0) is 10.3 Å². The summed E-state index contributed by atoms with van der Waals surface area (Å²) in [5.41, 5.74) is 0.267. The highest BCUT2D eigenvalue weighted by molar-refractivity contribution is 5.69. The second-order valence-corrected chi connectivity index (χ2v) is 4.81. The molecule has 0 bridgehead atoms. The van der Waals surface area contributed by atoms with Crippen molar-refractivity contribution in [1.82, 2.24) is 4.90 Å². The molecule has 19 heavy (non-hydrogen) atoms. The third-order valence-electron chi connectivity index (χ3n) is 3.49. The van der Waals surface area contributed by atoms with E-state index in [0.717, 1.165) is 5.56 Å². The maximum atomic E-state index is 11.1. The predicted molar refractivity (Wildman–Crippen MR) is 72.8 cm³/mol. The van der Waals surface area contributed by atoms with E-state index in [9.17, 15) is 4.79 Å². The molecular formula is C14H21NO4. The van der Waals surface area contributed by atoms with Gasteiger partial charge >= 0.3 is 5.97 Å². The number of carboxylic acid groups (broad SMARTS) is 1. The van der Waals surface area contributed by atoms with Crippen LogP contribution in [0.4, 0.5) is 0 Å². The minimum atomic E-state index is -0.842. The second kappa shape index (κ2) is 5.93. The van der Waals surface area contributed by atoms with Crippen molar-refractivity contribution in [2.24, 2.45) is 0 Å². The van der Waals surface area contributed by atoms with Gasteiger partial charge in [-0.1, -0.05) is 6.07 Å². The van der Waals surface area contributed by atoms with Crippen molar-refractivity contribution in [3.63, 3.8) is 0 Å². The lowest BCUT2D eigenvalue weighted by Crippen LogP contribution is -2.40. The van der Waals surface area contributed by atoms with Crippen LogP contribution in [0.3, 0.4) is 0 Å². The van der Waals surface area contributed by atoms with Gasteiger partial charge in [0, 0.05) is 0 Å². The van der Waals surface area contributed by atoms with E-state index in [-0.39, 0.29) is 6.42 Å². The SMILES string of the molecule is COc1ccc(C(C)(CC(=O)O)N(C)C)cc1OC. The van der Waals surface area contributed by atoms with Crippen molar-refractivity contribution in [2.45, 2.75) is 18.9 Å². The molecule has 1 N–H and O–H groups in total. The molecule has 0 aliphatic heterocycles. The largest absolute Gasteiger partial charge is 0.493 e. The normalized spacial score (nSPS) is 14.0. The van der Waals surface area contributed by atoms with Gasteiger partial charge in [-0.05, 0) is 38.7 Å². The number of carboxylic acids is 1. The van der Waals surface area contributed by atoms with E-state index in [1.54, 1.807) is 20.3 Å². The summed E-state index contributed by atoms with van der Waals surface area (Å²) in [6.07, 6.45) is 0.00941. The molecule has 0 saturated heterocycles. The Morgan fingerprint density at radius 1 is 1.26 bits per heavy atom. The van der Waals surface area contributed by atoms with E-state index in [4.69, 9.17) is 14.6 Å². The molecule has 0 aliphatic carbocycles. The van der Waals surface area contributed by atoms with Crippen molar-refractivity contribution in [3.05, 3.63) is 23.8 Å². The zero-order valence-electron chi connectivity index (χ0n) is 12.1. The summed E-state index contributed by atoms with van der Waals surface area (Å²) in [5, 5.41) is 9.10. The highest BCUT2D eigenvalue weighted by Crippen LogP contribution is 2.36. The van der Waals surface area contributed by atoms with Gasteiger partial charge in [-0.2, -0.15) is 0 Å². The van der Waals surface area contributed by atoms with Gasteiger partial charge < -0.3 is 14.6 Å². The van der Waals surface area contributed by atoms with Crippen molar-refractivity contribution in [2.75, 3.05) is 28.3 Å². The standard InChI is InChI=1S/C14H21NO4/c1-14(15(2)3,9-13(16)17)10-6-7-11(18-4)12(8-10)19-5/h6-8H,9H2,1-5H3,(H,16,17). The number of nitrogens with zero attached hydrogens (tertiary/aromatic N) is 1. The summed E-state index contributed by atoms with van der Waals surface area (Å²) in [6, 6.07) is 5.48. The van der Waals surface area contributed by atoms with Gasteiger partial charge in [0.1, 0.15) is 0 Å². The molecule has 5 heteroatoms. The molecule has 0 spiro atoms. The zero-order chi connectivity index (χ0) is 14.6. The van der Waals surface area contributed by atoms with Crippen LogP contribution in [-0.4, -0.2) is 44.3 Å². The average Bonchev–Trinajstić information content (AvgIpc) is 2.36. The van der Waals surface area contributed by atoms with Crippen molar-refractivity contribution in [3.8, 4) is 11.5 Å². The number of rotatable bonds is 6. The number of methoxy groups -OCH3 is 2. The fraction of sp³-hybridized carbons (Fsp3) is 0.500. The summed E-state index contributed by atoms with van der Waals surface area (Å²) < 4.78 is 10.5. The second-order valence-electron chi connectivity index (χ2n) is 4.81. The summed E-state index contributed by atoms with van der Waals surface area (Å²) in [7, 11) is 6.85. The third kappa shape index (κ3) is 3.17. The molecular weight excluding hydrogens is 246 g/mol. The van der Waals surface area contributed by atoms with Gasteiger partial charge in [-0.15, -0.1) is 0 Å². The Labute approximate surface area is 113 Å². The van der Waals surface area contributed by atoms with Gasteiger partial charge in [0.25, 0.3) is 0 Å². The molecule has 1 aromatic rings. The first-order valence-electron chi connectivity index (χ1n) is 5.97. The van der Waals surface area contributed by atoms with E-state index < -0.39 is 11.5 Å². The monoisotopic (exact) mass is 267 g/mol. The lowest BCUT2D eigenvalue weighted by molar-refractivity contribution is -0.140. The Bertz CT molecular complexity index is 459. The third-order valence-corrected chi connectivity index (χ3v) is 3.49. The first-order valence-corrected chi connectivity index (χ1v) is 5.97. The smallest absolute Gasteiger partial charge is 0.305 e. The first kappa shape index (κ1) is 15.3. The number of ether oxygens (including phenoxy) is 2. The lowest BCUT2D eigenvalue weighted by Gasteiger charge is -2.36. The molecule has 0 saturated carbocycles. The average molecular weight is 267 g/mol. The molecule has 0 aromatic heterocycles. The van der Waals surface area contributed by atoms with Gasteiger partial charge in [-0.3, -0.25) is 9.69 Å². The number of carbonyl (C=O) groups is 1. The fourth-order valence-electron chi connectivity index (χ4n) is 1.98. The molecule has 1 rings (SSSR count). The maximum Gasteiger partial charge on any atom is 0.305 e. The van der Waals surface area contributed by atoms with Gasteiger partial charge in [0.15, 0.2) is 11.5 Å².